The zero-order chi connectivity index (χ0) is 9.68. The third kappa shape index (κ3) is 3.19. The zero-order valence-corrected chi connectivity index (χ0v) is 7.17. The van der Waals surface area contributed by atoms with Crippen molar-refractivity contribution in [2.24, 2.45) is 0 Å². The van der Waals surface area contributed by atoms with Crippen LogP contribution in [0.15, 0.2) is 30.6 Å². The van der Waals surface area contributed by atoms with Crippen molar-refractivity contribution < 1.29 is 8.78 Å². The van der Waals surface area contributed by atoms with Gasteiger partial charge in [-0.2, -0.15) is 0 Å². The highest BCUT2D eigenvalue weighted by molar-refractivity contribution is 5.03. The minimum Gasteiger partial charge on any atom is -0.357 e. The molecule has 4 heteroatoms. The molecule has 0 amide bonds. The lowest BCUT2D eigenvalue weighted by atomic mass is 10.4. The highest BCUT2D eigenvalue weighted by Crippen LogP contribution is 2.13. The molecule has 0 aromatic carbocycles. The summed E-state index contributed by atoms with van der Waals surface area (Å²) in [7, 11) is 0. The standard InChI is InChI=1S/C9H10F2N2/c1-7-4-2-3-5-12-6-8(13-7)9(10)11/h2-6,9,13H,1H3. The third-order valence-corrected chi connectivity index (χ3v) is 1.42. The molecule has 0 aliphatic rings. The number of nitrogens with one attached hydrogen (secondary N) is 1. The van der Waals surface area contributed by atoms with Gasteiger partial charge in [-0.1, -0.05) is 6.07 Å². The maximum absolute atomic E-state index is 12.3. The fraction of sp³-hybridized carbons (Fsp3) is 0.222. The first-order valence-corrected chi connectivity index (χ1v) is 3.82. The molecule has 0 aliphatic carbocycles. The van der Waals surface area contributed by atoms with Crippen LogP contribution in [0, 0.1) is 6.92 Å². The van der Waals surface area contributed by atoms with Gasteiger partial charge in [-0.25, -0.2) is 8.78 Å². The van der Waals surface area contributed by atoms with Crippen LogP contribution in [0.25, 0.3) is 0 Å². The number of aromatic nitrogens is 2. The van der Waals surface area contributed by atoms with Gasteiger partial charge < -0.3 is 4.98 Å². The van der Waals surface area contributed by atoms with Crippen molar-refractivity contribution in [3.63, 3.8) is 0 Å². The summed E-state index contributed by atoms with van der Waals surface area (Å²) in [5, 5.41) is 0. The average Bonchev–Trinajstić information content (AvgIpc) is 2.16. The number of aromatic amines is 1. The number of H-pyrrole nitrogens is 1. The van der Waals surface area contributed by atoms with Gasteiger partial charge in [-0.15, -0.1) is 0 Å². The summed E-state index contributed by atoms with van der Waals surface area (Å²) >= 11 is 0. The summed E-state index contributed by atoms with van der Waals surface area (Å²) in [5.41, 5.74) is 0.474. The first-order valence-electron chi connectivity index (χ1n) is 3.82. The maximum Gasteiger partial charge on any atom is 0.279 e. The summed E-state index contributed by atoms with van der Waals surface area (Å²) in [4.78, 5) is 6.24. The van der Waals surface area contributed by atoms with Crippen LogP contribution in [0.4, 0.5) is 8.78 Å². The largest absolute Gasteiger partial charge is 0.357 e. The Hall–Kier alpha value is -1.45. The molecular weight excluding hydrogens is 174 g/mol. The van der Waals surface area contributed by atoms with Crippen molar-refractivity contribution >= 4 is 0 Å². The maximum atomic E-state index is 12.3. The Morgan fingerprint density at radius 1 is 1.38 bits per heavy atom. The summed E-state index contributed by atoms with van der Waals surface area (Å²) in [6.07, 6.45) is 0.0511. The van der Waals surface area contributed by atoms with Gasteiger partial charge in [0.15, 0.2) is 0 Å². The van der Waals surface area contributed by atoms with Gasteiger partial charge in [-0.05, 0) is 19.1 Å². The Morgan fingerprint density at radius 3 is 2.85 bits per heavy atom. The molecule has 1 rings (SSSR count). The number of aryl methyl sites for hydroxylation is 1. The second kappa shape index (κ2) is 4.54. The fourth-order valence-electron chi connectivity index (χ4n) is 0.835. The van der Waals surface area contributed by atoms with Gasteiger partial charge >= 0.3 is 0 Å². The minimum absolute atomic E-state index is 0.186. The second-order valence-corrected chi connectivity index (χ2v) is 2.54. The molecule has 0 saturated carbocycles. The Labute approximate surface area is 75.0 Å². The first kappa shape index (κ1) is 9.64. The summed E-state index contributed by atoms with van der Waals surface area (Å²) in [5.74, 6) is 0. The number of rotatable bonds is 1. The summed E-state index contributed by atoms with van der Waals surface area (Å²) < 4.78 is 24.6. The molecule has 0 aliphatic heterocycles. The molecule has 0 spiro atoms. The Bertz CT molecular complexity index is 319. The fourth-order valence-corrected chi connectivity index (χ4v) is 0.835. The second-order valence-electron chi connectivity index (χ2n) is 2.54. The van der Waals surface area contributed by atoms with Gasteiger partial charge in [0.2, 0.25) is 0 Å². The molecule has 1 heterocycles. The van der Waals surface area contributed by atoms with Crippen molar-refractivity contribution in [3.8, 4) is 0 Å². The van der Waals surface area contributed by atoms with Crippen LogP contribution < -0.4 is 0 Å². The zero-order valence-electron chi connectivity index (χ0n) is 7.17. The molecule has 70 valence electrons. The van der Waals surface area contributed by atoms with E-state index < -0.39 is 6.43 Å². The molecule has 1 N–H and O–H groups in total. The minimum atomic E-state index is -2.53. The van der Waals surface area contributed by atoms with E-state index in [1.54, 1.807) is 25.1 Å². The normalized spacial score (nSPS) is 9.85. The van der Waals surface area contributed by atoms with Crippen LogP contribution in [0.2, 0.25) is 0 Å². The lowest BCUT2D eigenvalue weighted by Crippen LogP contribution is -1.88. The van der Waals surface area contributed by atoms with Crippen LogP contribution in [-0.4, -0.2) is 9.97 Å². The Kier molecular flexibility index (Phi) is 3.37. The number of hydrogen-bond acceptors (Lipinski definition) is 1. The van der Waals surface area contributed by atoms with Crippen LogP contribution >= 0.6 is 0 Å². The van der Waals surface area contributed by atoms with Gasteiger partial charge in [0.05, 0.1) is 6.20 Å². The van der Waals surface area contributed by atoms with E-state index in [1.165, 1.54) is 6.20 Å². The SMILES string of the molecule is Cc1ccccncc(C(F)F)[nH]1. The van der Waals surface area contributed by atoms with Crippen LogP contribution in [0.5, 0.6) is 0 Å². The quantitative estimate of drug-likeness (QED) is 0.714. The van der Waals surface area contributed by atoms with Crippen molar-refractivity contribution in [1.29, 1.82) is 0 Å². The highest BCUT2D eigenvalue weighted by atomic mass is 19.3. The Balaban J connectivity index is 3.24. The van der Waals surface area contributed by atoms with E-state index in [1.807, 2.05) is 0 Å². The molecular formula is C9H10F2N2. The summed E-state index contributed by atoms with van der Waals surface area (Å²) in [6, 6.07) is 5.11. The highest BCUT2D eigenvalue weighted by Gasteiger charge is 2.04. The molecule has 13 heavy (non-hydrogen) atoms. The van der Waals surface area contributed by atoms with Crippen molar-refractivity contribution in [2.45, 2.75) is 13.3 Å². The molecule has 1 aromatic rings. The molecule has 0 saturated heterocycles. The number of halogens is 2. The molecule has 0 atom stereocenters. The summed E-state index contributed by atoms with van der Waals surface area (Å²) in [6.45, 7) is 1.71. The van der Waals surface area contributed by atoms with E-state index >= 15 is 0 Å². The molecule has 1 aromatic heterocycles. The topological polar surface area (TPSA) is 28.7 Å². The van der Waals surface area contributed by atoms with Gasteiger partial charge in [0, 0.05) is 11.9 Å². The van der Waals surface area contributed by atoms with Crippen molar-refractivity contribution in [3.05, 3.63) is 42.0 Å². The van der Waals surface area contributed by atoms with E-state index in [9.17, 15) is 8.78 Å². The predicted octanol–water partition coefficient (Wildman–Crippen LogP) is 2.78. The van der Waals surface area contributed by atoms with E-state index in [4.69, 9.17) is 0 Å². The van der Waals surface area contributed by atoms with Gasteiger partial charge in [0.25, 0.3) is 6.43 Å². The predicted molar refractivity (Wildman–Crippen MR) is 45.9 cm³/mol. The van der Waals surface area contributed by atoms with Crippen molar-refractivity contribution in [1.82, 2.24) is 9.97 Å². The van der Waals surface area contributed by atoms with Crippen molar-refractivity contribution in [2.75, 3.05) is 0 Å². The molecule has 2 nitrogen and oxygen atoms in total. The Morgan fingerprint density at radius 2 is 2.15 bits per heavy atom. The van der Waals surface area contributed by atoms with Crippen LogP contribution in [0.3, 0.4) is 0 Å². The number of nitrogens with zero attached hydrogens (tertiary/aromatic N) is 1. The monoisotopic (exact) mass is 184 g/mol. The molecule has 0 fully saturated rings. The lowest BCUT2D eigenvalue weighted by molar-refractivity contribution is 0.145. The van der Waals surface area contributed by atoms with E-state index in [0.717, 1.165) is 6.20 Å². The van der Waals surface area contributed by atoms with E-state index in [0.29, 0.717) is 5.69 Å². The van der Waals surface area contributed by atoms with E-state index in [-0.39, 0.29) is 5.69 Å². The molecule has 0 bridgehead atoms. The lowest BCUT2D eigenvalue weighted by Gasteiger charge is -1.96. The van der Waals surface area contributed by atoms with Gasteiger partial charge in [-0.3, -0.25) is 4.98 Å². The number of alkyl halides is 2. The third-order valence-electron chi connectivity index (χ3n) is 1.42. The first-order chi connectivity index (χ1) is 6.20. The van der Waals surface area contributed by atoms with Gasteiger partial charge in [0.1, 0.15) is 5.69 Å². The van der Waals surface area contributed by atoms with E-state index in [2.05, 4.69) is 9.97 Å². The van der Waals surface area contributed by atoms with Crippen LogP contribution in [-0.2, 0) is 0 Å². The molecule has 0 radical (unpaired) electrons. The number of hydrogen-bond donors (Lipinski definition) is 1. The average molecular weight is 184 g/mol. The molecule has 0 unspecified atom stereocenters. The van der Waals surface area contributed by atoms with Crippen LogP contribution in [0.1, 0.15) is 17.8 Å². The smallest absolute Gasteiger partial charge is 0.279 e.